The van der Waals surface area contributed by atoms with Crippen LogP contribution in [0.3, 0.4) is 0 Å². The summed E-state index contributed by atoms with van der Waals surface area (Å²) in [4.78, 5) is 30.5. The monoisotopic (exact) mass is 486 g/mol. The van der Waals surface area contributed by atoms with E-state index in [4.69, 9.17) is 10.5 Å². The summed E-state index contributed by atoms with van der Waals surface area (Å²) in [5.41, 5.74) is 8.46. The molecule has 3 rings (SSSR count). The Bertz CT molecular complexity index is 830. The highest BCUT2D eigenvalue weighted by atomic mass is 16.5. The lowest BCUT2D eigenvalue weighted by Crippen LogP contribution is -2.48. The SMILES string of the molecule is COCC(=O)N1CC(N(Cc2ccccc2C)CC(C)C)CC1C(=O)NCC1CCCC(CN)C1. The molecular weight excluding hydrogens is 440 g/mol. The van der Waals surface area contributed by atoms with Crippen LogP contribution in [0.4, 0.5) is 0 Å². The zero-order valence-corrected chi connectivity index (χ0v) is 22.2. The fourth-order valence-electron chi connectivity index (χ4n) is 5.79. The van der Waals surface area contributed by atoms with Crippen LogP contribution in [0.5, 0.6) is 0 Å². The van der Waals surface area contributed by atoms with Crippen molar-refractivity contribution in [3.63, 3.8) is 0 Å². The van der Waals surface area contributed by atoms with E-state index < -0.39 is 6.04 Å². The Kier molecular flexibility index (Phi) is 10.6. The van der Waals surface area contributed by atoms with Gasteiger partial charge in [-0.3, -0.25) is 14.5 Å². The van der Waals surface area contributed by atoms with Crippen molar-refractivity contribution in [2.45, 2.75) is 71.5 Å². The van der Waals surface area contributed by atoms with E-state index in [9.17, 15) is 9.59 Å². The minimum atomic E-state index is -0.455. The highest BCUT2D eigenvalue weighted by Gasteiger charge is 2.42. The number of amides is 2. The number of methoxy groups -OCH3 is 1. The van der Waals surface area contributed by atoms with Crippen molar-refractivity contribution in [3.05, 3.63) is 35.4 Å². The second kappa shape index (κ2) is 13.4. The molecule has 3 N–H and O–H groups in total. The molecule has 1 aliphatic carbocycles. The summed E-state index contributed by atoms with van der Waals surface area (Å²) in [7, 11) is 1.53. The van der Waals surface area contributed by atoms with Crippen molar-refractivity contribution in [2.75, 3.05) is 39.9 Å². The minimum Gasteiger partial charge on any atom is -0.375 e. The zero-order valence-electron chi connectivity index (χ0n) is 22.2. The molecule has 1 saturated carbocycles. The Balaban J connectivity index is 1.71. The van der Waals surface area contributed by atoms with Crippen molar-refractivity contribution in [2.24, 2.45) is 23.5 Å². The normalized spacial score (nSPS) is 24.8. The Morgan fingerprint density at radius 3 is 2.63 bits per heavy atom. The van der Waals surface area contributed by atoms with Crippen LogP contribution >= 0.6 is 0 Å². The first-order valence-electron chi connectivity index (χ1n) is 13.4. The third kappa shape index (κ3) is 7.76. The average molecular weight is 487 g/mol. The second-order valence-corrected chi connectivity index (χ2v) is 11.0. The Labute approximate surface area is 211 Å². The van der Waals surface area contributed by atoms with Gasteiger partial charge in [-0.15, -0.1) is 0 Å². The van der Waals surface area contributed by atoms with E-state index in [1.807, 2.05) is 0 Å². The number of carbonyl (C=O) groups is 2. The zero-order chi connectivity index (χ0) is 25.4. The predicted octanol–water partition coefficient (Wildman–Crippen LogP) is 2.95. The molecule has 7 nitrogen and oxygen atoms in total. The van der Waals surface area contributed by atoms with E-state index in [1.54, 1.807) is 4.90 Å². The molecule has 0 radical (unpaired) electrons. The third-order valence-electron chi connectivity index (χ3n) is 7.71. The van der Waals surface area contributed by atoms with Crippen LogP contribution in [-0.2, 0) is 20.9 Å². The molecule has 1 aliphatic heterocycles. The molecule has 1 saturated heterocycles. The van der Waals surface area contributed by atoms with Crippen molar-refractivity contribution >= 4 is 11.8 Å². The molecule has 0 bridgehead atoms. The van der Waals surface area contributed by atoms with E-state index in [-0.39, 0.29) is 24.5 Å². The van der Waals surface area contributed by atoms with E-state index in [1.165, 1.54) is 31.1 Å². The Hall–Kier alpha value is -1.96. The number of hydrogen-bond acceptors (Lipinski definition) is 5. The number of aryl methyl sites for hydroxylation is 1. The predicted molar refractivity (Wildman–Crippen MR) is 140 cm³/mol. The second-order valence-electron chi connectivity index (χ2n) is 11.0. The van der Waals surface area contributed by atoms with Crippen LogP contribution in [0.2, 0.25) is 0 Å². The summed E-state index contributed by atoms with van der Waals surface area (Å²) in [5.74, 6) is 1.37. The number of rotatable bonds is 11. The highest BCUT2D eigenvalue weighted by molar-refractivity contribution is 5.88. The summed E-state index contributed by atoms with van der Waals surface area (Å²) in [6, 6.07) is 8.13. The van der Waals surface area contributed by atoms with Gasteiger partial charge in [0.2, 0.25) is 11.8 Å². The molecule has 196 valence electrons. The molecule has 2 fully saturated rings. The number of benzene rings is 1. The van der Waals surface area contributed by atoms with Gasteiger partial charge in [0.1, 0.15) is 12.6 Å². The van der Waals surface area contributed by atoms with Gasteiger partial charge in [0.05, 0.1) is 0 Å². The first kappa shape index (κ1) is 27.6. The van der Waals surface area contributed by atoms with Crippen molar-refractivity contribution in [1.82, 2.24) is 15.1 Å². The number of likely N-dealkylation sites (tertiary alicyclic amines) is 1. The van der Waals surface area contributed by atoms with Crippen molar-refractivity contribution < 1.29 is 14.3 Å². The number of carbonyl (C=O) groups excluding carboxylic acids is 2. The van der Waals surface area contributed by atoms with E-state index in [0.717, 1.165) is 32.5 Å². The van der Waals surface area contributed by atoms with Crippen LogP contribution in [0.25, 0.3) is 0 Å². The van der Waals surface area contributed by atoms with Gasteiger partial charge in [0.25, 0.3) is 0 Å². The van der Waals surface area contributed by atoms with Crippen LogP contribution < -0.4 is 11.1 Å². The lowest BCUT2D eigenvalue weighted by Gasteiger charge is -2.31. The van der Waals surface area contributed by atoms with Crippen LogP contribution in [0, 0.1) is 24.7 Å². The van der Waals surface area contributed by atoms with Gasteiger partial charge in [-0.05, 0) is 68.0 Å². The number of ether oxygens (including phenoxy) is 1. The Morgan fingerprint density at radius 2 is 1.94 bits per heavy atom. The van der Waals surface area contributed by atoms with Crippen LogP contribution in [0.15, 0.2) is 24.3 Å². The molecule has 0 aromatic heterocycles. The molecule has 4 unspecified atom stereocenters. The van der Waals surface area contributed by atoms with Gasteiger partial charge in [0, 0.05) is 39.3 Å². The summed E-state index contributed by atoms with van der Waals surface area (Å²) in [5, 5.41) is 3.19. The first-order chi connectivity index (χ1) is 16.8. The summed E-state index contributed by atoms with van der Waals surface area (Å²) in [6.07, 6.45) is 5.23. The van der Waals surface area contributed by atoms with Gasteiger partial charge in [-0.25, -0.2) is 0 Å². The van der Waals surface area contributed by atoms with Gasteiger partial charge in [-0.1, -0.05) is 44.5 Å². The third-order valence-corrected chi connectivity index (χ3v) is 7.71. The van der Waals surface area contributed by atoms with Gasteiger partial charge >= 0.3 is 0 Å². The van der Waals surface area contributed by atoms with Crippen molar-refractivity contribution in [1.29, 1.82) is 0 Å². The standard InChI is InChI=1S/C28H46N4O3/c1-20(2)16-31(17-24-11-6-5-8-21(24)3)25-13-26(32(18-25)27(33)19-35-4)28(34)30-15-23-10-7-9-22(12-23)14-29/h5-6,8,11,20,22-23,25-26H,7,9-10,12-19,29H2,1-4H3,(H,30,34). The average Bonchev–Trinajstić information content (AvgIpc) is 3.29. The first-order valence-corrected chi connectivity index (χ1v) is 13.4. The maximum atomic E-state index is 13.4. The molecule has 1 heterocycles. The molecule has 0 spiro atoms. The molecule has 2 aliphatic rings. The number of hydrogen-bond donors (Lipinski definition) is 2. The fraction of sp³-hybridized carbons (Fsp3) is 0.714. The van der Waals surface area contributed by atoms with Gasteiger partial charge in [-0.2, -0.15) is 0 Å². The molecule has 7 heteroatoms. The summed E-state index contributed by atoms with van der Waals surface area (Å²) in [6.45, 7) is 10.3. The molecule has 2 amide bonds. The number of nitrogens with zero attached hydrogens (tertiary/aromatic N) is 2. The number of nitrogens with one attached hydrogen (secondary N) is 1. The molecule has 35 heavy (non-hydrogen) atoms. The topological polar surface area (TPSA) is 87.9 Å². The molecule has 4 atom stereocenters. The smallest absolute Gasteiger partial charge is 0.249 e. The van der Waals surface area contributed by atoms with E-state index in [0.29, 0.717) is 37.3 Å². The van der Waals surface area contributed by atoms with E-state index in [2.05, 4.69) is 55.3 Å². The highest BCUT2D eigenvalue weighted by Crippen LogP contribution is 2.29. The van der Waals surface area contributed by atoms with Crippen molar-refractivity contribution in [3.8, 4) is 0 Å². The quantitative estimate of drug-likeness (QED) is 0.502. The fourth-order valence-corrected chi connectivity index (χ4v) is 5.79. The number of nitrogens with two attached hydrogens (primary N) is 1. The largest absolute Gasteiger partial charge is 0.375 e. The summed E-state index contributed by atoms with van der Waals surface area (Å²) >= 11 is 0. The molecule has 1 aromatic rings. The summed E-state index contributed by atoms with van der Waals surface area (Å²) < 4.78 is 5.15. The molecule has 1 aromatic carbocycles. The maximum Gasteiger partial charge on any atom is 0.249 e. The van der Waals surface area contributed by atoms with Gasteiger partial charge in [0.15, 0.2) is 0 Å². The van der Waals surface area contributed by atoms with Gasteiger partial charge < -0.3 is 20.7 Å². The molecular formula is C28H46N4O3. The lowest BCUT2D eigenvalue weighted by atomic mass is 9.81. The maximum absolute atomic E-state index is 13.4. The van der Waals surface area contributed by atoms with Crippen LogP contribution in [0.1, 0.15) is 57.1 Å². The van der Waals surface area contributed by atoms with Crippen LogP contribution in [-0.4, -0.2) is 73.6 Å². The lowest BCUT2D eigenvalue weighted by molar-refractivity contribution is -0.141. The minimum absolute atomic E-state index is 0.000715. The van der Waals surface area contributed by atoms with E-state index >= 15 is 0 Å². The Morgan fingerprint density at radius 1 is 1.20 bits per heavy atom.